The molecule has 2 heterocycles. The molecule has 1 N–H and O–H groups in total. The Balaban J connectivity index is 2.14. The van der Waals surface area contributed by atoms with Gasteiger partial charge >= 0.3 is 0 Å². The van der Waals surface area contributed by atoms with Crippen LogP contribution in [0, 0.1) is 0 Å². The first-order chi connectivity index (χ1) is 9.35. The van der Waals surface area contributed by atoms with Crippen molar-refractivity contribution in [1.82, 2.24) is 10.3 Å². The van der Waals surface area contributed by atoms with Crippen LogP contribution in [0.3, 0.4) is 0 Å². The van der Waals surface area contributed by atoms with Gasteiger partial charge in [-0.3, -0.25) is 4.98 Å². The van der Waals surface area contributed by atoms with Crippen molar-refractivity contribution in [1.29, 1.82) is 0 Å². The molecule has 4 heteroatoms. The van der Waals surface area contributed by atoms with Gasteiger partial charge in [0, 0.05) is 31.4 Å². The average Bonchev–Trinajstić information content (AvgIpc) is 2.34. The fourth-order valence-corrected chi connectivity index (χ4v) is 2.58. The Hall–Kier alpha value is -1.13. The van der Waals surface area contributed by atoms with E-state index in [1.54, 1.807) is 0 Å². The first-order valence-corrected chi connectivity index (χ1v) is 7.43. The number of nitrogens with one attached hydrogen (secondary N) is 1. The number of aromatic nitrogens is 1. The Labute approximate surface area is 122 Å². The molecule has 1 aliphatic heterocycles. The smallest absolute Gasteiger partial charge is 0.0726 e. The number of morpholine rings is 1. The molecule has 112 valence electrons. The second kappa shape index (κ2) is 6.10. The molecule has 1 aliphatic rings. The zero-order valence-electron chi connectivity index (χ0n) is 13.3. The average molecular weight is 277 g/mol. The van der Waals surface area contributed by atoms with Gasteiger partial charge in [-0.2, -0.15) is 0 Å². The second-order valence-electron chi connectivity index (χ2n) is 6.77. The van der Waals surface area contributed by atoms with E-state index in [1.165, 1.54) is 11.3 Å². The minimum Gasteiger partial charge on any atom is -0.372 e. The maximum Gasteiger partial charge on any atom is 0.0726 e. The molecule has 0 aliphatic carbocycles. The van der Waals surface area contributed by atoms with Gasteiger partial charge in [-0.1, -0.05) is 0 Å². The van der Waals surface area contributed by atoms with Crippen LogP contribution in [0.25, 0.3) is 0 Å². The summed E-state index contributed by atoms with van der Waals surface area (Å²) in [5.74, 6) is 0. The third kappa shape index (κ3) is 4.18. The molecule has 2 unspecified atom stereocenters. The third-order valence-electron chi connectivity index (χ3n) is 3.46. The fourth-order valence-electron chi connectivity index (χ4n) is 2.58. The Morgan fingerprint density at radius 1 is 1.30 bits per heavy atom. The summed E-state index contributed by atoms with van der Waals surface area (Å²) >= 11 is 0. The van der Waals surface area contributed by atoms with E-state index in [4.69, 9.17) is 4.74 Å². The minimum atomic E-state index is 0.117. The van der Waals surface area contributed by atoms with Crippen LogP contribution in [-0.2, 0) is 11.3 Å². The lowest BCUT2D eigenvalue weighted by atomic mass is 10.1. The van der Waals surface area contributed by atoms with Crippen LogP contribution < -0.4 is 10.2 Å². The maximum atomic E-state index is 5.81. The van der Waals surface area contributed by atoms with E-state index in [9.17, 15) is 0 Å². The number of hydrogen-bond acceptors (Lipinski definition) is 4. The van der Waals surface area contributed by atoms with Crippen LogP contribution in [0.5, 0.6) is 0 Å². The van der Waals surface area contributed by atoms with Crippen LogP contribution >= 0.6 is 0 Å². The van der Waals surface area contributed by atoms with Crippen molar-refractivity contribution >= 4 is 5.69 Å². The van der Waals surface area contributed by atoms with Crippen LogP contribution in [0.1, 0.15) is 40.2 Å². The largest absolute Gasteiger partial charge is 0.372 e. The first kappa shape index (κ1) is 15.3. The normalized spacial score (nSPS) is 23.9. The van der Waals surface area contributed by atoms with Gasteiger partial charge < -0.3 is 15.0 Å². The number of nitrogens with zero attached hydrogens (tertiary/aromatic N) is 2. The van der Waals surface area contributed by atoms with Crippen molar-refractivity contribution in [2.75, 3.05) is 18.0 Å². The van der Waals surface area contributed by atoms with E-state index in [0.717, 1.165) is 19.6 Å². The molecule has 1 aromatic rings. The van der Waals surface area contributed by atoms with Crippen molar-refractivity contribution < 1.29 is 4.74 Å². The Kier molecular flexibility index (Phi) is 4.66. The summed E-state index contributed by atoms with van der Waals surface area (Å²) in [5, 5.41) is 3.55. The standard InChI is InChI=1S/C16H27N3O/c1-12-10-19(11-13(2)20-12)15-9-17-7-6-14(15)8-18-16(3,4)5/h6-7,9,12-13,18H,8,10-11H2,1-5H3. The van der Waals surface area contributed by atoms with E-state index in [-0.39, 0.29) is 17.7 Å². The maximum absolute atomic E-state index is 5.81. The fraction of sp³-hybridized carbons (Fsp3) is 0.688. The molecule has 2 atom stereocenters. The summed E-state index contributed by atoms with van der Waals surface area (Å²) in [7, 11) is 0. The van der Waals surface area contributed by atoms with Gasteiger partial charge in [-0.05, 0) is 46.2 Å². The third-order valence-corrected chi connectivity index (χ3v) is 3.46. The summed E-state index contributed by atoms with van der Waals surface area (Å²) in [6, 6.07) is 2.11. The highest BCUT2D eigenvalue weighted by Crippen LogP contribution is 2.24. The number of rotatable bonds is 3. The zero-order valence-corrected chi connectivity index (χ0v) is 13.3. The van der Waals surface area contributed by atoms with Gasteiger partial charge in [0.05, 0.1) is 24.1 Å². The van der Waals surface area contributed by atoms with E-state index in [2.05, 4.69) is 55.9 Å². The van der Waals surface area contributed by atoms with Crippen LogP contribution in [0.2, 0.25) is 0 Å². The lowest BCUT2D eigenvalue weighted by Crippen LogP contribution is -2.46. The molecule has 20 heavy (non-hydrogen) atoms. The molecule has 0 bridgehead atoms. The number of hydrogen-bond donors (Lipinski definition) is 1. The molecule has 0 saturated carbocycles. The van der Waals surface area contributed by atoms with E-state index in [0.29, 0.717) is 0 Å². The molecular formula is C16H27N3O. The molecule has 1 aromatic heterocycles. The lowest BCUT2D eigenvalue weighted by Gasteiger charge is -2.37. The summed E-state index contributed by atoms with van der Waals surface area (Å²) in [4.78, 5) is 6.70. The molecular weight excluding hydrogens is 250 g/mol. The monoisotopic (exact) mass is 277 g/mol. The Bertz CT molecular complexity index is 432. The highest BCUT2D eigenvalue weighted by atomic mass is 16.5. The van der Waals surface area contributed by atoms with Crippen molar-refractivity contribution in [2.24, 2.45) is 0 Å². The van der Waals surface area contributed by atoms with Gasteiger partial charge in [0.2, 0.25) is 0 Å². The molecule has 0 radical (unpaired) electrons. The Morgan fingerprint density at radius 3 is 2.55 bits per heavy atom. The topological polar surface area (TPSA) is 37.4 Å². The van der Waals surface area contributed by atoms with Gasteiger partial charge in [-0.25, -0.2) is 0 Å². The Morgan fingerprint density at radius 2 is 1.95 bits per heavy atom. The molecule has 0 spiro atoms. The van der Waals surface area contributed by atoms with Crippen molar-refractivity contribution in [3.63, 3.8) is 0 Å². The highest BCUT2D eigenvalue weighted by Gasteiger charge is 2.24. The highest BCUT2D eigenvalue weighted by molar-refractivity contribution is 5.52. The summed E-state index contributed by atoms with van der Waals surface area (Å²) < 4.78 is 5.81. The van der Waals surface area contributed by atoms with Gasteiger partial charge in [0.15, 0.2) is 0 Å². The minimum absolute atomic E-state index is 0.117. The van der Waals surface area contributed by atoms with E-state index < -0.39 is 0 Å². The molecule has 4 nitrogen and oxygen atoms in total. The van der Waals surface area contributed by atoms with Crippen LogP contribution in [-0.4, -0.2) is 35.8 Å². The SMILES string of the molecule is CC1CN(c2cnccc2CNC(C)(C)C)CC(C)O1. The van der Waals surface area contributed by atoms with Gasteiger partial charge in [0.1, 0.15) is 0 Å². The van der Waals surface area contributed by atoms with Gasteiger partial charge in [0.25, 0.3) is 0 Å². The predicted octanol–water partition coefficient (Wildman–Crippen LogP) is 2.58. The van der Waals surface area contributed by atoms with E-state index in [1.807, 2.05) is 12.4 Å². The first-order valence-electron chi connectivity index (χ1n) is 7.43. The van der Waals surface area contributed by atoms with Crippen LogP contribution in [0.15, 0.2) is 18.5 Å². The molecule has 1 saturated heterocycles. The van der Waals surface area contributed by atoms with Gasteiger partial charge in [-0.15, -0.1) is 0 Å². The van der Waals surface area contributed by atoms with Crippen LogP contribution in [0.4, 0.5) is 5.69 Å². The van der Waals surface area contributed by atoms with E-state index >= 15 is 0 Å². The summed E-state index contributed by atoms with van der Waals surface area (Å²) in [5.41, 5.74) is 2.65. The quantitative estimate of drug-likeness (QED) is 0.921. The number of anilines is 1. The number of ether oxygens (including phenoxy) is 1. The lowest BCUT2D eigenvalue weighted by molar-refractivity contribution is -0.00528. The molecule has 1 fully saturated rings. The summed E-state index contributed by atoms with van der Waals surface area (Å²) in [6.07, 6.45) is 4.38. The second-order valence-corrected chi connectivity index (χ2v) is 6.77. The molecule has 0 amide bonds. The number of pyridine rings is 1. The predicted molar refractivity (Wildman–Crippen MR) is 83.1 cm³/mol. The molecule has 2 rings (SSSR count). The molecule has 0 aromatic carbocycles. The zero-order chi connectivity index (χ0) is 14.8. The van der Waals surface area contributed by atoms with Crippen molar-refractivity contribution in [3.8, 4) is 0 Å². The van der Waals surface area contributed by atoms with Crippen molar-refractivity contribution in [2.45, 2.75) is 58.9 Å². The van der Waals surface area contributed by atoms with Crippen molar-refractivity contribution in [3.05, 3.63) is 24.0 Å². The summed E-state index contributed by atoms with van der Waals surface area (Å²) in [6.45, 7) is 13.5.